The molecule has 2 rings (SSSR count). The predicted molar refractivity (Wildman–Crippen MR) is 107 cm³/mol. The Morgan fingerprint density at radius 3 is 2.74 bits per heavy atom. The number of hydrogen-bond acceptors (Lipinski definition) is 6. The molecule has 27 heavy (non-hydrogen) atoms. The molecule has 2 aromatic rings. The van der Waals surface area contributed by atoms with E-state index in [1.165, 1.54) is 44.4 Å². The third kappa shape index (κ3) is 5.95. The van der Waals surface area contributed by atoms with Crippen molar-refractivity contribution in [2.45, 2.75) is 55.7 Å². The summed E-state index contributed by atoms with van der Waals surface area (Å²) in [7, 11) is -0.572. The number of amides is 1. The lowest BCUT2D eigenvalue weighted by Gasteiger charge is -2.12. The quantitative estimate of drug-likeness (QED) is 0.475. The topological polar surface area (TPSA) is 92.5 Å². The van der Waals surface area contributed by atoms with Crippen molar-refractivity contribution in [3.8, 4) is 0 Å². The Labute approximate surface area is 164 Å². The Balaban J connectivity index is 1.97. The maximum absolute atomic E-state index is 12.2. The number of oxazole rings is 1. The number of carbonyl (C=O) groups excluding carboxylic acids is 1. The smallest absolute Gasteiger partial charge is 0.257 e. The van der Waals surface area contributed by atoms with Gasteiger partial charge in [0.25, 0.3) is 5.22 Å². The Morgan fingerprint density at radius 2 is 2.07 bits per heavy atom. The van der Waals surface area contributed by atoms with Gasteiger partial charge in [0.2, 0.25) is 15.9 Å². The number of nitrogens with zero attached hydrogens (tertiary/aromatic N) is 2. The van der Waals surface area contributed by atoms with Gasteiger partial charge in [0.15, 0.2) is 5.58 Å². The molecule has 150 valence electrons. The molecule has 1 N–H and O–H groups in total. The Bertz CT molecular complexity index is 878. The SMILES string of the molecule is CCCCC[C@H](C)NC(=O)CSc1nc2cc(S(=O)(=O)N(C)C)ccc2o1. The summed E-state index contributed by atoms with van der Waals surface area (Å²) in [5, 5.41) is 3.32. The van der Waals surface area contributed by atoms with Crippen molar-refractivity contribution in [3.05, 3.63) is 18.2 Å². The number of benzene rings is 1. The zero-order valence-corrected chi connectivity index (χ0v) is 17.8. The fourth-order valence-electron chi connectivity index (χ4n) is 2.54. The molecule has 1 heterocycles. The van der Waals surface area contributed by atoms with E-state index in [-0.39, 0.29) is 22.6 Å². The van der Waals surface area contributed by atoms with E-state index in [0.717, 1.165) is 23.6 Å². The first kappa shape index (κ1) is 21.7. The van der Waals surface area contributed by atoms with Gasteiger partial charge in [0, 0.05) is 20.1 Å². The molecule has 0 saturated carbocycles. The molecule has 0 fully saturated rings. The van der Waals surface area contributed by atoms with Gasteiger partial charge in [0.1, 0.15) is 5.52 Å². The fourth-order valence-corrected chi connectivity index (χ4v) is 4.11. The van der Waals surface area contributed by atoms with E-state index < -0.39 is 10.0 Å². The lowest BCUT2D eigenvalue weighted by molar-refractivity contribution is -0.119. The average molecular weight is 414 g/mol. The molecule has 0 aliphatic carbocycles. The Kier molecular flexibility index (Phi) is 7.69. The van der Waals surface area contributed by atoms with Crippen molar-refractivity contribution in [1.82, 2.24) is 14.6 Å². The van der Waals surface area contributed by atoms with Crippen LogP contribution in [0.15, 0.2) is 32.7 Å². The number of thioether (sulfide) groups is 1. The van der Waals surface area contributed by atoms with Crippen LogP contribution in [-0.4, -0.2) is 49.5 Å². The maximum atomic E-state index is 12.2. The average Bonchev–Trinajstić information content (AvgIpc) is 3.02. The molecule has 1 aromatic carbocycles. The number of rotatable bonds is 10. The standard InChI is InChI=1S/C18H27N3O4S2/c1-5-6-7-8-13(2)19-17(22)12-26-18-20-15-11-14(9-10-16(15)25-18)27(23,24)21(3)4/h9-11,13H,5-8,12H2,1-4H3,(H,19,22)/t13-/m0/s1. The summed E-state index contributed by atoms with van der Waals surface area (Å²) in [6, 6.07) is 4.70. The van der Waals surface area contributed by atoms with E-state index in [1.54, 1.807) is 6.07 Å². The van der Waals surface area contributed by atoms with Crippen molar-refractivity contribution in [2.24, 2.45) is 0 Å². The second-order valence-electron chi connectivity index (χ2n) is 6.65. The number of aromatic nitrogens is 1. The molecule has 0 unspecified atom stereocenters. The van der Waals surface area contributed by atoms with Gasteiger partial charge in [-0.2, -0.15) is 0 Å². The molecule has 0 aliphatic rings. The van der Waals surface area contributed by atoms with Crippen LogP contribution in [0.5, 0.6) is 0 Å². The van der Waals surface area contributed by atoms with Crippen molar-refractivity contribution >= 4 is 38.8 Å². The zero-order valence-electron chi connectivity index (χ0n) is 16.2. The number of sulfonamides is 1. The van der Waals surface area contributed by atoms with Crippen molar-refractivity contribution in [3.63, 3.8) is 0 Å². The molecule has 1 amide bonds. The van der Waals surface area contributed by atoms with Gasteiger partial charge in [-0.05, 0) is 31.5 Å². The van der Waals surface area contributed by atoms with Gasteiger partial charge < -0.3 is 9.73 Å². The van der Waals surface area contributed by atoms with Crippen molar-refractivity contribution in [1.29, 1.82) is 0 Å². The van der Waals surface area contributed by atoms with Crippen molar-refractivity contribution in [2.75, 3.05) is 19.8 Å². The van der Waals surface area contributed by atoms with Crippen LogP contribution in [0.4, 0.5) is 0 Å². The highest BCUT2D eigenvalue weighted by Crippen LogP contribution is 2.26. The summed E-state index contributed by atoms with van der Waals surface area (Å²) in [4.78, 5) is 16.5. The van der Waals surface area contributed by atoms with Crippen LogP contribution < -0.4 is 5.32 Å². The first-order chi connectivity index (χ1) is 12.7. The van der Waals surface area contributed by atoms with Gasteiger partial charge in [-0.1, -0.05) is 37.9 Å². The largest absolute Gasteiger partial charge is 0.431 e. The highest BCUT2D eigenvalue weighted by atomic mass is 32.2. The minimum Gasteiger partial charge on any atom is -0.431 e. The Hall–Kier alpha value is -1.58. The van der Waals surface area contributed by atoms with Gasteiger partial charge >= 0.3 is 0 Å². The molecule has 7 nitrogen and oxygen atoms in total. The second-order valence-corrected chi connectivity index (χ2v) is 9.73. The van der Waals surface area contributed by atoms with Crippen LogP contribution in [0, 0.1) is 0 Å². The summed E-state index contributed by atoms with van der Waals surface area (Å²) >= 11 is 1.19. The highest BCUT2D eigenvalue weighted by molar-refractivity contribution is 7.99. The summed E-state index contributed by atoms with van der Waals surface area (Å²) < 4.78 is 31.2. The normalized spacial score (nSPS) is 13.2. The van der Waals surface area contributed by atoms with Crippen molar-refractivity contribution < 1.29 is 17.6 Å². The number of fused-ring (bicyclic) bond motifs is 1. The highest BCUT2D eigenvalue weighted by Gasteiger charge is 2.19. The van der Waals surface area contributed by atoms with Gasteiger partial charge in [-0.3, -0.25) is 4.79 Å². The zero-order chi connectivity index (χ0) is 20.0. The minimum atomic E-state index is -3.53. The summed E-state index contributed by atoms with van der Waals surface area (Å²) in [6.45, 7) is 4.16. The summed E-state index contributed by atoms with van der Waals surface area (Å²) in [6.07, 6.45) is 4.40. The van der Waals surface area contributed by atoms with E-state index in [2.05, 4.69) is 17.2 Å². The van der Waals surface area contributed by atoms with Crippen LogP contribution in [0.1, 0.15) is 39.5 Å². The van der Waals surface area contributed by atoms with E-state index in [1.807, 2.05) is 6.92 Å². The number of unbranched alkanes of at least 4 members (excludes halogenated alkanes) is 2. The van der Waals surface area contributed by atoms with Crippen LogP contribution in [-0.2, 0) is 14.8 Å². The molecule has 0 aliphatic heterocycles. The second kappa shape index (κ2) is 9.57. The lowest BCUT2D eigenvalue weighted by Crippen LogP contribution is -2.33. The van der Waals surface area contributed by atoms with Crippen LogP contribution in [0.2, 0.25) is 0 Å². The Morgan fingerprint density at radius 1 is 1.33 bits per heavy atom. The molecule has 0 radical (unpaired) electrons. The summed E-state index contributed by atoms with van der Waals surface area (Å²) in [5.41, 5.74) is 0.942. The third-order valence-electron chi connectivity index (χ3n) is 4.09. The molecule has 1 aromatic heterocycles. The first-order valence-electron chi connectivity index (χ1n) is 8.99. The molecular weight excluding hydrogens is 386 g/mol. The van der Waals surface area contributed by atoms with Gasteiger partial charge in [0.05, 0.1) is 10.6 Å². The molecule has 0 bridgehead atoms. The number of carbonyl (C=O) groups is 1. The van der Waals surface area contributed by atoms with Crippen LogP contribution in [0.25, 0.3) is 11.1 Å². The monoisotopic (exact) mass is 413 g/mol. The van der Waals surface area contributed by atoms with Gasteiger partial charge in [-0.15, -0.1) is 0 Å². The fraction of sp³-hybridized carbons (Fsp3) is 0.556. The molecular formula is C18H27N3O4S2. The number of nitrogens with one attached hydrogen (secondary N) is 1. The predicted octanol–water partition coefficient (Wildman–Crippen LogP) is 3.26. The van der Waals surface area contributed by atoms with E-state index in [9.17, 15) is 13.2 Å². The number of hydrogen-bond donors (Lipinski definition) is 1. The molecule has 0 spiro atoms. The summed E-state index contributed by atoms with van der Waals surface area (Å²) in [5.74, 6) is 0.135. The minimum absolute atomic E-state index is 0.0675. The van der Waals surface area contributed by atoms with Gasteiger partial charge in [-0.25, -0.2) is 17.7 Å². The molecule has 1 atom stereocenters. The maximum Gasteiger partial charge on any atom is 0.257 e. The molecule has 9 heteroatoms. The van der Waals surface area contributed by atoms with E-state index >= 15 is 0 Å². The lowest BCUT2D eigenvalue weighted by atomic mass is 10.1. The first-order valence-corrected chi connectivity index (χ1v) is 11.4. The van der Waals surface area contributed by atoms with Crippen LogP contribution in [0.3, 0.4) is 0 Å². The van der Waals surface area contributed by atoms with E-state index in [4.69, 9.17) is 4.42 Å². The third-order valence-corrected chi connectivity index (χ3v) is 6.73. The molecule has 0 saturated heterocycles. The van der Waals surface area contributed by atoms with Crippen LogP contribution >= 0.6 is 11.8 Å². The van der Waals surface area contributed by atoms with E-state index in [0.29, 0.717) is 16.3 Å².